The molecule has 34 heavy (non-hydrogen) atoms. The molecule has 1 saturated heterocycles. The molecule has 0 bridgehead atoms. The zero-order valence-electron chi connectivity index (χ0n) is 18.6. The van der Waals surface area contributed by atoms with Crippen LogP contribution in [0.3, 0.4) is 0 Å². The van der Waals surface area contributed by atoms with E-state index in [9.17, 15) is 14.4 Å². The molecule has 1 fully saturated rings. The first kappa shape index (κ1) is 23.7. The monoisotopic (exact) mass is 468 g/mol. The van der Waals surface area contributed by atoms with Crippen LogP contribution in [0.15, 0.2) is 48.5 Å². The average molecular weight is 469 g/mol. The summed E-state index contributed by atoms with van der Waals surface area (Å²) < 4.78 is 11.0. The number of amides is 2. The van der Waals surface area contributed by atoms with E-state index < -0.39 is 30.1 Å². The molecule has 1 heterocycles. The summed E-state index contributed by atoms with van der Waals surface area (Å²) in [6.07, 6.45) is -1.03. The third-order valence-corrected chi connectivity index (χ3v) is 6.36. The summed E-state index contributed by atoms with van der Waals surface area (Å²) in [5.74, 6) is -2.17. The Kier molecular flexibility index (Phi) is 7.44. The van der Waals surface area contributed by atoms with E-state index in [0.29, 0.717) is 13.0 Å². The van der Waals surface area contributed by atoms with Crippen molar-refractivity contribution in [2.75, 3.05) is 26.4 Å². The molecular formula is C25H28N2O7. The lowest BCUT2D eigenvalue weighted by molar-refractivity contribution is -0.144. The molecule has 4 rings (SSSR count). The molecule has 1 aliphatic carbocycles. The predicted molar refractivity (Wildman–Crippen MR) is 122 cm³/mol. The van der Waals surface area contributed by atoms with Gasteiger partial charge in [-0.2, -0.15) is 0 Å². The number of aliphatic hydroxyl groups excluding tert-OH is 1. The maximum Gasteiger partial charge on any atom is 0.407 e. The number of hydrogen-bond donors (Lipinski definition) is 4. The number of fused-ring (bicyclic) bond motifs is 3. The van der Waals surface area contributed by atoms with E-state index in [4.69, 9.17) is 19.7 Å². The van der Waals surface area contributed by atoms with Gasteiger partial charge in [-0.3, -0.25) is 4.79 Å². The van der Waals surface area contributed by atoms with E-state index in [1.54, 1.807) is 0 Å². The summed E-state index contributed by atoms with van der Waals surface area (Å²) in [5.41, 5.74) is 4.52. The molecule has 9 nitrogen and oxygen atoms in total. The van der Waals surface area contributed by atoms with Crippen molar-refractivity contribution in [3.05, 3.63) is 59.7 Å². The van der Waals surface area contributed by atoms with E-state index in [2.05, 4.69) is 22.8 Å². The first-order valence-electron chi connectivity index (χ1n) is 11.3. The van der Waals surface area contributed by atoms with Gasteiger partial charge < -0.3 is 30.3 Å². The van der Waals surface area contributed by atoms with Gasteiger partial charge in [-0.1, -0.05) is 48.5 Å². The lowest BCUT2D eigenvalue weighted by Crippen LogP contribution is -2.48. The number of rotatable bonds is 9. The molecule has 9 heteroatoms. The number of carbonyl (C=O) groups excluding carboxylic acids is 2. The molecule has 2 aromatic carbocycles. The Balaban J connectivity index is 1.30. The van der Waals surface area contributed by atoms with Gasteiger partial charge in [0.1, 0.15) is 18.8 Å². The Labute approximate surface area is 197 Å². The lowest BCUT2D eigenvalue weighted by Gasteiger charge is -2.21. The third-order valence-electron chi connectivity index (χ3n) is 6.36. The summed E-state index contributed by atoms with van der Waals surface area (Å²) in [6.45, 7) is 0.307. The highest BCUT2D eigenvalue weighted by Gasteiger charge is 2.36. The summed E-state index contributed by atoms with van der Waals surface area (Å²) in [5, 5.41) is 23.3. The van der Waals surface area contributed by atoms with Crippen molar-refractivity contribution >= 4 is 18.0 Å². The van der Waals surface area contributed by atoms with Crippen molar-refractivity contribution in [3.63, 3.8) is 0 Å². The number of aliphatic carboxylic acids is 1. The van der Waals surface area contributed by atoms with Gasteiger partial charge >= 0.3 is 12.1 Å². The van der Waals surface area contributed by atoms with Crippen LogP contribution in [0, 0.1) is 5.92 Å². The highest BCUT2D eigenvalue weighted by atomic mass is 16.5. The van der Waals surface area contributed by atoms with E-state index in [0.717, 1.165) is 22.3 Å². The summed E-state index contributed by atoms with van der Waals surface area (Å²) in [7, 11) is 0. The highest BCUT2D eigenvalue weighted by molar-refractivity contribution is 5.86. The van der Waals surface area contributed by atoms with Gasteiger partial charge in [-0.15, -0.1) is 0 Å². The van der Waals surface area contributed by atoms with Crippen molar-refractivity contribution in [3.8, 4) is 11.1 Å². The number of ether oxygens (including phenoxy) is 2. The third kappa shape index (κ3) is 5.05. The van der Waals surface area contributed by atoms with Gasteiger partial charge in [-0.05, 0) is 28.7 Å². The van der Waals surface area contributed by atoms with Gasteiger partial charge in [0.05, 0.1) is 0 Å². The minimum atomic E-state index is -1.23. The second-order valence-electron chi connectivity index (χ2n) is 8.46. The molecule has 2 aromatic rings. The average Bonchev–Trinajstić information content (AvgIpc) is 3.44. The normalized spacial score (nSPS) is 19.7. The molecule has 180 valence electrons. The van der Waals surface area contributed by atoms with E-state index in [-0.39, 0.29) is 38.0 Å². The molecule has 3 atom stereocenters. The first-order valence-corrected chi connectivity index (χ1v) is 11.3. The molecule has 2 amide bonds. The Bertz CT molecular complexity index is 1010. The van der Waals surface area contributed by atoms with Crippen LogP contribution in [-0.2, 0) is 19.1 Å². The first-order chi connectivity index (χ1) is 16.5. The number of carboxylic acids is 1. The molecule has 0 saturated carbocycles. The minimum absolute atomic E-state index is 0.0500. The summed E-state index contributed by atoms with van der Waals surface area (Å²) in [4.78, 5) is 36.2. The topological polar surface area (TPSA) is 134 Å². The molecule has 2 aliphatic rings. The van der Waals surface area contributed by atoms with Crippen LogP contribution in [0.2, 0.25) is 0 Å². The summed E-state index contributed by atoms with van der Waals surface area (Å²) >= 11 is 0. The van der Waals surface area contributed by atoms with Crippen LogP contribution in [0.1, 0.15) is 29.9 Å². The molecule has 0 spiro atoms. The molecule has 0 radical (unpaired) electrons. The quantitative estimate of drug-likeness (QED) is 0.441. The smallest absolute Gasteiger partial charge is 0.407 e. The molecule has 0 aromatic heterocycles. The fourth-order valence-electron chi connectivity index (χ4n) is 4.64. The van der Waals surface area contributed by atoms with E-state index >= 15 is 0 Å². The minimum Gasteiger partial charge on any atom is -0.480 e. The van der Waals surface area contributed by atoms with Crippen LogP contribution in [0.4, 0.5) is 4.79 Å². The van der Waals surface area contributed by atoms with Crippen molar-refractivity contribution < 1.29 is 34.1 Å². The predicted octanol–water partition coefficient (Wildman–Crippen LogP) is 1.88. The van der Waals surface area contributed by atoms with Gasteiger partial charge in [0, 0.05) is 38.0 Å². The van der Waals surface area contributed by atoms with Crippen LogP contribution in [-0.4, -0.2) is 66.7 Å². The zero-order valence-corrected chi connectivity index (χ0v) is 18.6. The second-order valence-corrected chi connectivity index (χ2v) is 8.46. The lowest BCUT2D eigenvalue weighted by atomic mass is 9.98. The maximum atomic E-state index is 12.5. The molecule has 1 aliphatic heterocycles. The molecule has 2 unspecified atom stereocenters. The van der Waals surface area contributed by atoms with Crippen molar-refractivity contribution in [2.24, 2.45) is 5.92 Å². The van der Waals surface area contributed by atoms with Crippen LogP contribution in [0.25, 0.3) is 11.1 Å². The standard InChI is InChI=1S/C25H28N2O7/c28-11-9-21(24(30)31)27-23(29)22-15(10-12-33-22)13-26-25(32)34-14-20-18-7-3-1-5-16(18)17-6-2-4-8-19(17)20/h1-8,15,20-22,28H,9-14H2,(H,26,32)(H,27,29)(H,30,31)/t15?,21-,22?/m1/s1. The van der Waals surface area contributed by atoms with Gasteiger partial charge in [-0.25, -0.2) is 9.59 Å². The highest BCUT2D eigenvalue weighted by Crippen LogP contribution is 2.44. The number of nitrogens with one attached hydrogen (secondary N) is 2. The van der Waals surface area contributed by atoms with Gasteiger partial charge in [0.25, 0.3) is 0 Å². The van der Waals surface area contributed by atoms with E-state index in [1.165, 1.54) is 0 Å². The van der Waals surface area contributed by atoms with Crippen LogP contribution >= 0.6 is 0 Å². The molecular weight excluding hydrogens is 440 g/mol. The van der Waals surface area contributed by atoms with E-state index in [1.807, 2.05) is 36.4 Å². The zero-order chi connectivity index (χ0) is 24.1. The number of alkyl carbamates (subject to hydrolysis) is 1. The molecule has 4 N–H and O–H groups in total. The Morgan fingerprint density at radius 1 is 1.06 bits per heavy atom. The summed E-state index contributed by atoms with van der Waals surface area (Å²) in [6, 6.07) is 14.9. The fourth-order valence-corrected chi connectivity index (χ4v) is 4.64. The fraction of sp³-hybridized carbons (Fsp3) is 0.400. The van der Waals surface area contributed by atoms with Crippen molar-refractivity contribution in [1.82, 2.24) is 10.6 Å². The number of carbonyl (C=O) groups is 3. The Hall–Kier alpha value is -3.43. The second kappa shape index (κ2) is 10.7. The maximum absolute atomic E-state index is 12.5. The van der Waals surface area contributed by atoms with Crippen molar-refractivity contribution in [1.29, 1.82) is 0 Å². The SMILES string of the molecule is O=C(NCC1CCOC1C(=O)N[C@H](CCO)C(=O)O)OCC1c2ccccc2-c2ccccc21. The number of hydrogen-bond acceptors (Lipinski definition) is 6. The largest absolute Gasteiger partial charge is 0.480 e. The van der Waals surface area contributed by atoms with Crippen LogP contribution < -0.4 is 10.6 Å². The van der Waals surface area contributed by atoms with Crippen LogP contribution in [0.5, 0.6) is 0 Å². The Morgan fingerprint density at radius 2 is 1.71 bits per heavy atom. The van der Waals surface area contributed by atoms with Gasteiger partial charge in [0.15, 0.2) is 0 Å². The van der Waals surface area contributed by atoms with Crippen molar-refractivity contribution in [2.45, 2.75) is 30.9 Å². The number of aliphatic hydroxyl groups is 1. The van der Waals surface area contributed by atoms with Gasteiger partial charge in [0.2, 0.25) is 5.91 Å². The number of benzene rings is 2. The number of carboxylic acid groups (broad SMARTS) is 1. The Morgan fingerprint density at radius 3 is 2.32 bits per heavy atom.